The predicted molar refractivity (Wildman–Crippen MR) is 159 cm³/mol. The first-order valence-electron chi connectivity index (χ1n) is 14.2. The Kier molecular flexibility index (Phi) is 11.5. The van der Waals surface area contributed by atoms with Crippen LogP contribution in [0, 0.1) is 17.8 Å². The Morgan fingerprint density at radius 1 is 1.00 bits per heavy atom. The van der Waals surface area contributed by atoms with Gasteiger partial charge in [0.25, 0.3) is 0 Å². The van der Waals surface area contributed by atoms with Crippen molar-refractivity contribution < 1.29 is 14.6 Å². The second-order valence-corrected chi connectivity index (χ2v) is 11.2. The lowest BCUT2D eigenvalue weighted by Crippen LogP contribution is -2.35. The molecule has 3 heteroatoms. The van der Waals surface area contributed by atoms with Crippen molar-refractivity contribution in [3.63, 3.8) is 0 Å². The van der Waals surface area contributed by atoms with Crippen LogP contribution in [0.15, 0.2) is 83.5 Å². The minimum Gasteiger partial charge on any atom is -0.504 e. The van der Waals surface area contributed by atoms with Crippen molar-refractivity contribution in [3.05, 3.63) is 94.6 Å². The Labute approximate surface area is 230 Å². The molecule has 0 aliphatic heterocycles. The molecule has 38 heavy (non-hydrogen) atoms. The van der Waals surface area contributed by atoms with Crippen molar-refractivity contribution >= 4 is 5.78 Å². The van der Waals surface area contributed by atoms with E-state index in [0.29, 0.717) is 23.9 Å². The number of hydrogen-bond donors (Lipinski definition) is 1. The van der Waals surface area contributed by atoms with Crippen LogP contribution in [0.1, 0.15) is 77.3 Å². The lowest BCUT2D eigenvalue weighted by molar-refractivity contribution is -0.126. The number of ether oxygens (including phenoxy) is 1. The van der Waals surface area contributed by atoms with Crippen LogP contribution in [-0.4, -0.2) is 18.0 Å². The van der Waals surface area contributed by atoms with Gasteiger partial charge in [-0.25, -0.2) is 0 Å². The number of carbonyl (C=O) groups is 1. The normalized spacial score (nSPS) is 19.6. The number of benzene rings is 2. The number of methoxy groups -OCH3 is 1. The zero-order valence-electron chi connectivity index (χ0n) is 24.0. The highest BCUT2D eigenvalue weighted by Crippen LogP contribution is 2.41. The maximum atomic E-state index is 13.9. The van der Waals surface area contributed by atoms with Gasteiger partial charge in [-0.2, -0.15) is 0 Å². The molecule has 3 atom stereocenters. The van der Waals surface area contributed by atoms with Gasteiger partial charge in [0.05, 0.1) is 7.11 Å². The van der Waals surface area contributed by atoms with E-state index in [1.807, 2.05) is 30.3 Å². The van der Waals surface area contributed by atoms with E-state index in [2.05, 4.69) is 58.1 Å². The molecule has 2 aromatic rings. The molecular formula is C35H46O3. The van der Waals surface area contributed by atoms with Gasteiger partial charge < -0.3 is 9.84 Å². The monoisotopic (exact) mass is 514 g/mol. The number of carbonyl (C=O) groups excluding carboxylic acids is 1. The minimum absolute atomic E-state index is 0.0320. The summed E-state index contributed by atoms with van der Waals surface area (Å²) in [6.07, 6.45) is 14.3. The summed E-state index contributed by atoms with van der Waals surface area (Å²) in [5.74, 6) is 1.65. The van der Waals surface area contributed by atoms with Crippen LogP contribution >= 0.6 is 0 Å². The highest BCUT2D eigenvalue weighted by molar-refractivity contribution is 5.82. The van der Waals surface area contributed by atoms with Crippen LogP contribution in [0.25, 0.3) is 0 Å². The smallest absolute Gasteiger partial charge is 0.160 e. The van der Waals surface area contributed by atoms with E-state index in [4.69, 9.17) is 4.74 Å². The summed E-state index contributed by atoms with van der Waals surface area (Å²) < 4.78 is 5.32. The fraction of sp³-hybridized carbons (Fsp3) is 0.457. The number of ketones is 1. The van der Waals surface area contributed by atoms with Gasteiger partial charge in [0, 0.05) is 12.3 Å². The number of aryl methyl sites for hydroxylation is 2. The number of aromatic hydroxyl groups is 1. The third-order valence-electron chi connectivity index (χ3n) is 7.99. The third-order valence-corrected chi connectivity index (χ3v) is 7.99. The molecule has 0 fully saturated rings. The van der Waals surface area contributed by atoms with Crippen molar-refractivity contribution in [2.24, 2.45) is 17.8 Å². The molecule has 3 nitrogen and oxygen atoms in total. The highest BCUT2D eigenvalue weighted by Gasteiger charge is 2.37. The molecule has 0 aromatic heterocycles. The van der Waals surface area contributed by atoms with Crippen LogP contribution in [0.5, 0.6) is 11.5 Å². The maximum Gasteiger partial charge on any atom is 0.160 e. The van der Waals surface area contributed by atoms with Crippen molar-refractivity contribution in [1.29, 1.82) is 0 Å². The average Bonchev–Trinajstić information content (AvgIpc) is 2.91. The van der Waals surface area contributed by atoms with Crippen LogP contribution in [0.2, 0.25) is 0 Å². The highest BCUT2D eigenvalue weighted by atomic mass is 16.5. The first-order valence-corrected chi connectivity index (χ1v) is 14.2. The molecule has 3 unspecified atom stereocenters. The van der Waals surface area contributed by atoms with Crippen molar-refractivity contribution in [2.45, 2.75) is 79.1 Å². The zero-order valence-corrected chi connectivity index (χ0v) is 24.0. The van der Waals surface area contributed by atoms with E-state index in [1.165, 1.54) is 22.3 Å². The molecule has 0 heterocycles. The molecular weight excluding hydrogens is 468 g/mol. The first-order chi connectivity index (χ1) is 18.3. The average molecular weight is 515 g/mol. The largest absolute Gasteiger partial charge is 0.504 e. The van der Waals surface area contributed by atoms with Crippen LogP contribution < -0.4 is 4.74 Å². The Balaban J connectivity index is 1.78. The molecule has 0 saturated carbocycles. The van der Waals surface area contributed by atoms with Gasteiger partial charge in [0.15, 0.2) is 11.5 Å². The fourth-order valence-electron chi connectivity index (χ4n) is 5.71. The van der Waals surface area contributed by atoms with Crippen molar-refractivity contribution in [2.75, 3.05) is 7.11 Å². The first kappa shape index (κ1) is 29.5. The summed E-state index contributed by atoms with van der Waals surface area (Å²) in [7, 11) is 1.58. The summed E-state index contributed by atoms with van der Waals surface area (Å²) in [6, 6.07) is 15.9. The topological polar surface area (TPSA) is 46.5 Å². The van der Waals surface area contributed by atoms with Crippen molar-refractivity contribution in [3.8, 4) is 11.5 Å². The number of phenols is 1. The molecule has 204 valence electrons. The lowest BCUT2D eigenvalue weighted by atomic mass is 9.66. The van der Waals surface area contributed by atoms with Crippen LogP contribution in [0.4, 0.5) is 0 Å². The number of hydrogen-bond acceptors (Lipinski definition) is 3. The molecule has 1 aliphatic carbocycles. The molecule has 0 bridgehead atoms. The minimum atomic E-state index is 0.0320. The quantitative estimate of drug-likeness (QED) is 0.272. The number of allylic oxidation sites excluding steroid dienone is 6. The number of rotatable bonds is 13. The van der Waals surface area contributed by atoms with Crippen LogP contribution in [0.3, 0.4) is 0 Å². The zero-order chi connectivity index (χ0) is 27.5. The number of phenolic OH excluding ortho intramolecular Hbond substituents is 1. The molecule has 0 saturated heterocycles. The van der Waals surface area contributed by atoms with Crippen molar-refractivity contribution in [1.82, 2.24) is 0 Å². The second-order valence-electron chi connectivity index (χ2n) is 11.2. The standard InChI is InChI=1S/C35H46O3/c1-25(2)10-9-11-26(3)14-19-30-20-15-27(4)31(21-16-29-18-22-32(36)34(24-29)38-5)35(30)33(37)23-17-28-12-7-6-8-13-28/h6-8,10,12-15,18,22,24,30-31,35-36H,9,11,16-17,19-21,23H2,1-5H3/b26-14-. The summed E-state index contributed by atoms with van der Waals surface area (Å²) in [5, 5.41) is 9.99. The van der Waals surface area contributed by atoms with E-state index in [9.17, 15) is 9.90 Å². The van der Waals surface area contributed by atoms with E-state index in [0.717, 1.165) is 50.5 Å². The van der Waals surface area contributed by atoms with Gasteiger partial charge in [-0.15, -0.1) is 0 Å². The molecule has 3 rings (SSSR count). The van der Waals surface area contributed by atoms with E-state index in [1.54, 1.807) is 13.2 Å². The lowest BCUT2D eigenvalue weighted by Gasteiger charge is -2.37. The van der Waals surface area contributed by atoms with Gasteiger partial charge in [0.2, 0.25) is 0 Å². The Morgan fingerprint density at radius 2 is 1.76 bits per heavy atom. The molecule has 1 N–H and O–H groups in total. The van der Waals surface area contributed by atoms with Gasteiger partial charge in [-0.1, -0.05) is 71.3 Å². The molecule has 1 aliphatic rings. The van der Waals surface area contributed by atoms with Crippen LogP contribution in [-0.2, 0) is 17.6 Å². The maximum absolute atomic E-state index is 13.9. The third kappa shape index (κ3) is 8.75. The summed E-state index contributed by atoms with van der Waals surface area (Å²) in [4.78, 5) is 13.9. The molecule has 2 aromatic carbocycles. The molecule has 0 radical (unpaired) electrons. The Morgan fingerprint density at radius 3 is 2.47 bits per heavy atom. The summed E-state index contributed by atoms with van der Waals surface area (Å²) in [6.45, 7) is 8.73. The Hall–Kier alpha value is -3.07. The summed E-state index contributed by atoms with van der Waals surface area (Å²) >= 11 is 0. The van der Waals surface area contributed by atoms with Gasteiger partial charge in [0.1, 0.15) is 5.78 Å². The van der Waals surface area contributed by atoms with Gasteiger partial charge >= 0.3 is 0 Å². The van der Waals surface area contributed by atoms with E-state index >= 15 is 0 Å². The van der Waals surface area contributed by atoms with Gasteiger partial charge in [-0.3, -0.25) is 4.79 Å². The Bertz CT molecular complexity index is 1140. The number of Topliss-reactive ketones (excluding diaryl/α,β-unsaturated/α-hetero) is 1. The summed E-state index contributed by atoms with van der Waals surface area (Å²) in [5.41, 5.74) is 6.47. The molecule has 0 spiro atoms. The molecule has 0 amide bonds. The SMILES string of the molecule is COc1cc(CCC2C(C)=CCC(C/C=C(/C)CCC=C(C)C)C2C(=O)CCc2ccccc2)ccc1O. The van der Waals surface area contributed by atoms with E-state index in [-0.39, 0.29) is 17.6 Å². The van der Waals surface area contributed by atoms with E-state index < -0.39 is 0 Å². The van der Waals surface area contributed by atoms with Gasteiger partial charge in [-0.05, 0) is 108 Å². The predicted octanol–water partition coefficient (Wildman–Crippen LogP) is 8.82. The second kappa shape index (κ2) is 14.8. The fourth-order valence-corrected chi connectivity index (χ4v) is 5.71.